The molecule has 1 aromatic carbocycles. The minimum atomic E-state index is -0.775. The van der Waals surface area contributed by atoms with E-state index in [1.807, 2.05) is 18.2 Å². The number of aryl methyl sites for hydroxylation is 1. The van der Waals surface area contributed by atoms with Gasteiger partial charge in [0.2, 0.25) is 0 Å². The predicted octanol–water partition coefficient (Wildman–Crippen LogP) is -1.15. The van der Waals surface area contributed by atoms with Crippen LogP contribution in [-0.4, -0.2) is 53.8 Å². The molecule has 0 radical (unpaired) electrons. The van der Waals surface area contributed by atoms with Crippen molar-refractivity contribution in [3.8, 4) is 0 Å². The molecular weight excluding hydrogens is 242 g/mol. The summed E-state index contributed by atoms with van der Waals surface area (Å²) < 4.78 is 0. The second-order valence-electron chi connectivity index (χ2n) is 5.50. The fourth-order valence-electron chi connectivity index (χ4n) is 2.87. The third kappa shape index (κ3) is 4.01. The van der Waals surface area contributed by atoms with Crippen LogP contribution in [-0.2, 0) is 6.42 Å². The van der Waals surface area contributed by atoms with Crippen LogP contribution in [0.25, 0.3) is 0 Å². The van der Waals surface area contributed by atoms with E-state index in [9.17, 15) is 15.3 Å². The van der Waals surface area contributed by atoms with E-state index in [1.165, 1.54) is 10.5 Å². The van der Waals surface area contributed by atoms with E-state index < -0.39 is 12.2 Å². The molecule has 1 aliphatic heterocycles. The lowest BCUT2D eigenvalue weighted by Crippen LogP contribution is -3.15. The first-order valence-electron chi connectivity index (χ1n) is 7.05. The van der Waals surface area contributed by atoms with E-state index in [1.54, 1.807) is 0 Å². The van der Waals surface area contributed by atoms with Gasteiger partial charge in [0.15, 0.2) is 0 Å². The molecule has 1 fully saturated rings. The second kappa shape index (κ2) is 7.01. The van der Waals surface area contributed by atoms with E-state index in [0.29, 0.717) is 6.54 Å². The molecule has 4 nitrogen and oxygen atoms in total. The van der Waals surface area contributed by atoms with Crippen LogP contribution < -0.4 is 4.90 Å². The highest BCUT2D eigenvalue weighted by Gasteiger charge is 2.36. The Bertz CT molecular complexity index is 371. The molecule has 1 unspecified atom stereocenters. The zero-order valence-electron chi connectivity index (χ0n) is 11.2. The maximum absolute atomic E-state index is 9.78. The topological polar surface area (TPSA) is 65.1 Å². The summed E-state index contributed by atoms with van der Waals surface area (Å²) in [6, 6.07) is 10.4. The van der Waals surface area contributed by atoms with Crippen LogP contribution >= 0.6 is 0 Å². The Hall–Kier alpha value is -0.940. The Kier molecular flexibility index (Phi) is 5.34. The molecule has 1 heterocycles. The highest BCUT2D eigenvalue weighted by molar-refractivity contribution is 5.14. The summed E-state index contributed by atoms with van der Waals surface area (Å²) >= 11 is 0. The molecule has 19 heavy (non-hydrogen) atoms. The summed E-state index contributed by atoms with van der Waals surface area (Å²) in [6.07, 6.45) is 0.605. The van der Waals surface area contributed by atoms with Gasteiger partial charge in [-0.15, -0.1) is 0 Å². The summed E-state index contributed by atoms with van der Waals surface area (Å²) in [5.74, 6) is -0.199. The van der Waals surface area contributed by atoms with Crippen LogP contribution in [0.2, 0.25) is 0 Å². The quantitative estimate of drug-likeness (QED) is 0.544. The van der Waals surface area contributed by atoms with Crippen molar-refractivity contribution in [2.75, 3.05) is 26.2 Å². The number of piperidine rings is 1. The van der Waals surface area contributed by atoms with Gasteiger partial charge in [-0.25, -0.2) is 0 Å². The lowest BCUT2D eigenvalue weighted by atomic mass is 9.93. The van der Waals surface area contributed by atoms with Crippen LogP contribution in [0, 0.1) is 5.92 Å². The van der Waals surface area contributed by atoms with Crippen molar-refractivity contribution in [2.45, 2.75) is 25.0 Å². The Morgan fingerprint density at radius 3 is 2.53 bits per heavy atom. The van der Waals surface area contributed by atoms with Crippen LogP contribution in [0.4, 0.5) is 0 Å². The molecule has 2 rings (SSSR count). The SMILES string of the molecule is OC[C@H]1C[NH+](CCCc2ccccc2)C[C@@H](O)[C@@H]1O. The summed E-state index contributed by atoms with van der Waals surface area (Å²) in [7, 11) is 0. The number of benzene rings is 1. The number of nitrogens with one attached hydrogen (secondary N) is 1. The molecule has 4 atom stereocenters. The molecule has 1 saturated heterocycles. The van der Waals surface area contributed by atoms with Gasteiger partial charge in [0.1, 0.15) is 12.6 Å². The average molecular weight is 266 g/mol. The van der Waals surface area contributed by atoms with Gasteiger partial charge in [0, 0.05) is 6.42 Å². The minimum Gasteiger partial charge on any atom is -0.396 e. The first-order valence-corrected chi connectivity index (χ1v) is 7.05. The van der Waals surface area contributed by atoms with Gasteiger partial charge in [-0.1, -0.05) is 30.3 Å². The van der Waals surface area contributed by atoms with Gasteiger partial charge in [0.25, 0.3) is 0 Å². The smallest absolute Gasteiger partial charge is 0.129 e. The summed E-state index contributed by atoms with van der Waals surface area (Å²) in [5.41, 5.74) is 1.33. The van der Waals surface area contributed by atoms with Gasteiger partial charge < -0.3 is 20.2 Å². The molecular formula is C15H24NO3+. The fraction of sp³-hybridized carbons (Fsp3) is 0.600. The molecule has 0 spiro atoms. The van der Waals surface area contributed by atoms with Crippen molar-refractivity contribution in [3.63, 3.8) is 0 Å². The third-order valence-electron chi connectivity index (χ3n) is 4.00. The molecule has 1 aliphatic rings. The number of likely N-dealkylation sites (tertiary alicyclic amines) is 1. The first kappa shape index (κ1) is 14.5. The zero-order chi connectivity index (χ0) is 13.7. The largest absolute Gasteiger partial charge is 0.396 e. The van der Waals surface area contributed by atoms with Crippen LogP contribution in [0.15, 0.2) is 30.3 Å². The van der Waals surface area contributed by atoms with E-state index in [-0.39, 0.29) is 12.5 Å². The highest BCUT2D eigenvalue weighted by atomic mass is 16.3. The van der Waals surface area contributed by atoms with E-state index >= 15 is 0 Å². The molecule has 0 bridgehead atoms. The van der Waals surface area contributed by atoms with Crippen LogP contribution in [0.3, 0.4) is 0 Å². The zero-order valence-corrected chi connectivity index (χ0v) is 11.2. The Morgan fingerprint density at radius 2 is 1.84 bits per heavy atom. The molecule has 0 aromatic heterocycles. The molecule has 4 heteroatoms. The Morgan fingerprint density at radius 1 is 1.11 bits per heavy atom. The van der Waals surface area contributed by atoms with E-state index in [2.05, 4.69) is 12.1 Å². The summed E-state index contributed by atoms with van der Waals surface area (Å²) in [4.78, 5) is 1.27. The van der Waals surface area contributed by atoms with Gasteiger partial charge >= 0.3 is 0 Å². The summed E-state index contributed by atoms with van der Waals surface area (Å²) in [5, 5.41) is 28.7. The van der Waals surface area contributed by atoms with Crippen molar-refractivity contribution in [2.24, 2.45) is 5.92 Å². The van der Waals surface area contributed by atoms with Gasteiger partial charge in [0.05, 0.1) is 31.7 Å². The van der Waals surface area contributed by atoms with Crippen molar-refractivity contribution in [3.05, 3.63) is 35.9 Å². The van der Waals surface area contributed by atoms with Crippen molar-refractivity contribution < 1.29 is 20.2 Å². The predicted molar refractivity (Wildman–Crippen MR) is 72.9 cm³/mol. The number of aliphatic hydroxyl groups excluding tert-OH is 3. The minimum absolute atomic E-state index is 0.0551. The van der Waals surface area contributed by atoms with Crippen molar-refractivity contribution >= 4 is 0 Å². The number of hydrogen-bond acceptors (Lipinski definition) is 3. The van der Waals surface area contributed by atoms with Gasteiger partial charge in [-0.05, 0) is 12.0 Å². The third-order valence-corrected chi connectivity index (χ3v) is 4.00. The number of rotatable bonds is 5. The van der Waals surface area contributed by atoms with E-state index in [4.69, 9.17) is 0 Å². The highest BCUT2D eigenvalue weighted by Crippen LogP contribution is 2.09. The van der Waals surface area contributed by atoms with Crippen molar-refractivity contribution in [1.29, 1.82) is 0 Å². The summed E-state index contributed by atoms with van der Waals surface area (Å²) in [6.45, 7) is 2.23. The lowest BCUT2D eigenvalue weighted by Gasteiger charge is -2.35. The van der Waals surface area contributed by atoms with E-state index in [0.717, 1.165) is 25.9 Å². The molecule has 106 valence electrons. The maximum Gasteiger partial charge on any atom is 0.129 e. The normalized spacial score (nSPS) is 31.3. The average Bonchev–Trinajstić information content (AvgIpc) is 2.43. The number of hydrogen-bond donors (Lipinski definition) is 4. The first-order chi connectivity index (χ1) is 9.20. The van der Waals surface area contributed by atoms with Crippen LogP contribution in [0.1, 0.15) is 12.0 Å². The molecule has 0 aliphatic carbocycles. The lowest BCUT2D eigenvalue weighted by molar-refractivity contribution is -0.914. The van der Waals surface area contributed by atoms with Crippen molar-refractivity contribution in [1.82, 2.24) is 0 Å². The number of quaternary nitrogens is 1. The fourth-order valence-corrected chi connectivity index (χ4v) is 2.87. The monoisotopic (exact) mass is 266 g/mol. The molecule has 4 N–H and O–H groups in total. The number of aliphatic hydroxyl groups is 3. The standard InChI is InChI=1S/C15H23NO3/c17-11-13-9-16(10-14(18)15(13)19)8-4-7-12-5-2-1-3-6-12/h1-3,5-6,13-15,17-19H,4,7-11H2/p+1/t13-,14-,15-/m1/s1. The molecule has 0 saturated carbocycles. The maximum atomic E-state index is 9.78. The Balaban J connectivity index is 1.77. The Labute approximate surface area is 114 Å². The molecule has 1 aromatic rings. The van der Waals surface area contributed by atoms with Crippen LogP contribution in [0.5, 0.6) is 0 Å². The second-order valence-corrected chi connectivity index (χ2v) is 5.50. The molecule has 0 amide bonds. The van der Waals surface area contributed by atoms with Gasteiger partial charge in [-0.3, -0.25) is 0 Å². The van der Waals surface area contributed by atoms with Gasteiger partial charge in [-0.2, -0.15) is 0 Å².